The van der Waals surface area contributed by atoms with Crippen LogP contribution in [0.15, 0.2) is 11.4 Å². The SMILES string of the molecule is CC(C)CN1CCN(C(=O)c2sccc2C#CCO)CC1. The maximum Gasteiger partial charge on any atom is 0.265 e. The van der Waals surface area contributed by atoms with Crippen LogP contribution in [0, 0.1) is 17.8 Å². The lowest BCUT2D eigenvalue weighted by molar-refractivity contribution is 0.0628. The molecule has 0 unspecified atom stereocenters. The van der Waals surface area contributed by atoms with Crippen LogP contribution in [-0.2, 0) is 0 Å². The number of aliphatic hydroxyl groups excluding tert-OH is 1. The lowest BCUT2D eigenvalue weighted by Crippen LogP contribution is -2.49. The molecular formula is C16H22N2O2S. The summed E-state index contributed by atoms with van der Waals surface area (Å²) in [5.41, 5.74) is 0.726. The van der Waals surface area contributed by atoms with Gasteiger partial charge in [0.1, 0.15) is 11.5 Å². The van der Waals surface area contributed by atoms with Gasteiger partial charge >= 0.3 is 0 Å². The van der Waals surface area contributed by atoms with Crippen LogP contribution in [0.2, 0.25) is 0 Å². The largest absolute Gasteiger partial charge is 0.384 e. The Bertz CT molecular complexity index is 534. The molecule has 0 aliphatic carbocycles. The van der Waals surface area contributed by atoms with E-state index in [1.165, 1.54) is 11.3 Å². The summed E-state index contributed by atoms with van der Waals surface area (Å²) in [5.74, 6) is 6.18. The van der Waals surface area contributed by atoms with Gasteiger partial charge in [-0.05, 0) is 17.4 Å². The lowest BCUT2D eigenvalue weighted by Gasteiger charge is -2.35. The predicted molar refractivity (Wildman–Crippen MR) is 85.5 cm³/mol. The van der Waals surface area contributed by atoms with Crippen molar-refractivity contribution in [3.63, 3.8) is 0 Å². The quantitative estimate of drug-likeness (QED) is 0.861. The van der Waals surface area contributed by atoms with Crippen molar-refractivity contribution >= 4 is 17.2 Å². The number of rotatable bonds is 3. The molecule has 1 aromatic rings. The van der Waals surface area contributed by atoms with Gasteiger partial charge in [-0.25, -0.2) is 0 Å². The fourth-order valence-electron chi connectivity index (χ4n) is 2.50. The van der Waals surface area contributed by atoms with Crippen LogP contribution < -0.4 is 0 Å². The van der Waals surface area contributed by atoms with Crippen molar-refractivity contribution in [3.8, 4) is 11.8 Å². The van der Waals surface area contributed by atoms with E-state index in [1.807, 2.05) is 16.3 Å². The summed E-state index contributed by atoms with van der Waals surface area (Å²) in [5, 5.41) is 10.7. The minimum Gasteiger partial charge on any atom is -0.384 e. The van der Waals surface area contributed by atoms with E-state index >= 15 is 0 Å². The van der Waals surface area contributed by atoms with E-state index in [4.69, 9.17) is 5.11 Å². The highest BCUT2D eigenvalue weighted by Gasteiger charge is 2.24. The minimum atomic E-state index is -0.183. The molecule has 0 saturated carbocycles. The second-order valence-electron chi connectivity index (χ2n) is 5.61. The average Bonchev–Trinajstić information content (AvgIpc) is 2.93. The van der Waals surface area contributed by atoms with Gasteiger partial charge in [0.15, 0.2) is 0 Å². The Hall–Kier alpha value is -1.35. The normalized spacial score (nSPS) is 15.9. The van der Waals surface area contributed by atoms with Crippen LogP contribution in [0.3, 0.4) is 0 Å². The zero-order valence-electron chi connectivity index (χ0n) is 12.6. The highest BCUT2D eigenvalue weighted by atomic mass is 32.1. The van der Waals surface area contributed by atoms with E-state index in [-0.39, 0.29) is 12.5 Å². The first-order valence-corrected chi connectivity index (χ1v) is 8.18. The number of thiophene rings is 1. The highest BCUT2D eigenvalue weighted by molar-refractivity contribution is 7.12. The van der Waals surface area contributed by atoms with Crippen LogP contribution in [0.4, 0.5) is 0 Å². The van der Waals surface area contributed by atoms with Crippen molar-refractivity contribution in [3.05, 3.63) is 21.9 Å². The summed E-state index contributed by atoms with van der Waals surface area (Å²) in [6.07, 6.45) is 0. The molecule has 5 heteroatoms. The molecule has 2 heterocycles. The molecular weight excluding hydrogens is 284 g/mol. The molecule has 1 aromatic heterocycles. The number of hydrogen-bond donors (Lipinski definition) is 1. The van der Waals surface area contributed by atoms with Crippen molar-refractivity contribution < 1.29 is 9.90 Å². The third-order valence-electron chi connectivity index (χ3n) is 3.44. The maximum atomic E-state index is 12.6. The van der Waals surface area contributed by atoms with E-state index in [2.05, 4.69) is 30.6 Å². The Morgan fingerprint density at radius 2 is 2.10 bits per heavy atom. The van der Waals surface area contributed by atoms with E-state index in [9.17, 15) is 4.79 Å². The van der Waals surface area contributed by atoms with Gasteiger partial charge in [-0.15, -0.1) is 11.3 Å². The van der Waals surface area contributed by atoms with Gasteiger partial charge in [0.05, 0.1) is 0 Å². The number of aliphatic hydroxyl groups is 1. The molecule has 0 spiro atoms. The molecule has 21 heavy (non-hydrogen) atoms. The van der Waals surface area contributed by atoms with Crippen LogP contribution in [-0.4, -0.2) is 60.1 Å². The number of nitrogens with zero attached hydrogens (tertiary/aromatic N) is 2. The predicted octanol–water partition coefficient (Wildman–Crippen LogP) is 1.51. The van der Waals surface area contributed by atoms with Crippen LogP contribution in [0.25, 0.3) is 0 Å². The van der Waals surface area contributed by atoms with Crippen molar-refractivity contribution in [1.82, 2.24) is 9.80 Å². The maximum absolute atomic E-state index is 12.6. The molecule has 1 saturated heterocycles. The molecule has 1 aliphatic heterocycles. The zero-order chi connectivity index (χ0) is 15.2. The van der Waals surface area contributed by atoms with Crippen LogP contribution >= 0.6 is 11.3 Å². The number of hydrogen-bond acceptors (Lipinski definition) is 4. The fourth-order valence-corrected chi connectivity index (χ4v) is 3.32. The minimum absolute atomic E-state index is 0.0661. The topological polar surface area (TPSA) is 43.8 Å². The van der Waals surface area contributed by atoms with E-state index in [0.29, 0.717) is 10.8 Å². The number of amides is 1. The fraction of sp³-hybridized carbons (Fsp3) is 0.562. The third-order valence-corrected chi connectivity index (χ3v) is 4.35. The van der Waals surface area contributed by atoms with Gasteiger partial charge < -0.3 is 10.0 Å². The van der Waals surface area contributed by atoms with Gasteiger partial charge in [0, 0.05) is 38.3 Å². The first-order valence-electron chi connectivity index (χ1n) is 7.30. The van der Waals surface area contributed by atoms with Crippen LogP contribution in [0.5, 0.6) is 0 Å². The summed E-state index contributed by atoms with van der Waals surface area (Å²) in [6.45, 7) is 8.77. The van der Waals surface area contributed by atoms with Crippen molar-refractivity contribution in [2.75, 3.05) is 39.3 Å². The first kappa shape index (κ1) is 16.0. The number of carbonyl (C=O) groups is 1. The van der Waals surface area contributed by atoms with Crippen LogP contribution in [0.1, 0.15) is 29.1 Å². The molecule has 0 bridgehead atoms. The Morgan fingerprint density at radius 3 is 2.71 bits per heavy atom. The number of piperazine rings is 1. The van der Waals surface area contributed by atoms with Crippen molar-refractivity contribution in [2.24, 2.45) is 5.92 Å². The molecule has 1 aliphatic rings. The smallest absolute Gasteiger partial charge is 0.265 e. The Balaban J connectivity index is 1.98. The summed E-state index contributed by atoms with van der Waals surface area (Å²) in [4.78, 5) is 17.6. The monoisotopic (exact) mass is 306 g/mol. The zero-order valence-corrected chi connectivity index (χ0v) is 13.4. The van der Waals surface area contributed by atoms with Crippen molar-refractivity contribution in [2.45, 2.75) is 13.8 Å². The first-order chi connectivity index (χ1) is 10.1. The second-order valence-corrected chi connectivity index (χ2v) is 6.53. The van der Waals surface area contributed by atoms with Gasteiger partial charge in [-0.2, -0.15) is 0 Å². The van der Waals surface area contributed by atoms with Gasteiger partial charge in [-0.1, -0.05) is 25.7 Å². The van der Waals surface area contributed by atoms with E-state index in [1.54, 1.807) is 0 Å². The molecule has 1 N–H and O–H groups in total. The molecule has 0 radical (unpaired) electrons. The van der Waals surface area contributed by atoms with E-state index in [0.717, 1.165) is 38.3 Å². The summed E-state index contributed by atoms with van der Waals surface area (Å²) in [6, 6.07) is 1.84. The molecule has 0 aromatic carbocycles. The Labute approximate surface area is 130 Å². The molecule has 2 rings (SSSR count). The summed E-state index contributed by atoms with van der Waals surface area (Å²) < 4.78 is 0. The Morgan fingerprint density at radius 1 is 1.38 bits per heavy atom. The summed E-state index contributed by atoms with van der Waals surface area (Å²) >= 11 is 1.42. The lowest BCUT2D eigenvalue weighted by atomic mass is 10.2. The third kappa shape index (κ3) is 4.31. The van der Waals surface area contributed by atoms with Crippen molar-refractivity contribution in [1.29, 1.82) is 0 Å². The number of carbonyl (C=O) groups excluding carboxylic acids is 1. The van der Waals surface area contributed by atoms with Gasteiger partial charge in [0.25, 0.3) is 5.91 Å². The standard InChI is InChI=1S/C16H22N2O2S/c1-13(2)12-17-6-8-18(9-7-17)16(20)15-14(4-3-10-19)5-11-21-15/h5,11,13,19H,6-10,12H2,1-2H3. The van der Waals surface area contributed by atoms with Gasteiger partial charge in [0.2, 0.25) is 0 Å². The van der Waals surface area contributed by atoms with E-state index < -0.39 is 0 Å². The molecule has 4 nitrogen and oxygen atoms in total. The molecule has 1 fully saturated rings. The highest BCUT2D eigenvalue weighted by Crippen LogP contribution is 2.19. The second kappa shape index (κ2) is 7.60. The average molecular weight is 306 g/mol. The molecule has 114 valence electrons. The molecule has 0 atom stereocenters. The summed E-state index contributed by atoms with van der Waals surface area (Å²) in [7, 11) is 0. The molecule has 1 amide bonds. The van der Waals surface area contributed by atoms with Gasteiger partial charge in [-0.3, -0.25) is 9.69 Å². The Kier molecular flexibility index (Phi) is 5.80.